The van der Waals surface area contributed by atoms with E-state index in [9.17, 15) is 4.79 Å². The maximum absolute atomic E-state index is 13.1. The van der Waals surface area contributed by atoms with Crippen molar-refractivity contribution < 1.29 is 4.79 Å². The van der Waals surface area contributed by atoms with Gasteiger partial charge in [0.1, 0.15) is 0 Å². The molecule has 0 aliphatic carbocycles. The van der Waals surface area contributed by atoms with Crippen LogP contribution in [0.25, 0.3) is 0 Å². The van der Waals surface area contributed by atoms with E-state index in [4.69, 9.17) is 39.9 Å². The predicted octanol–water partition coefficient (Wildman–Crippen LogP) is 8.83. The summed E-state index contributed by atoms with van der Waals surface area (Å²) in [4.78, 5) is 15.3. The van der Waals surface area contributed by atoms with Crippen molar-refractivity contribution in [1.82, 2.24) is 5.01 Å². The fourth-order valence-corrected chi connectivity index (χ4v) is 5.09. The number of benzene rings is 4. The second-order valence-electron chi connectivity index (χ2n) is 8.19. The van der Waals surface area contributed by atoms with Crippen LogP contribution in [0.1, 0.15) is 17.0 Å². The van der Waals surface area contributed by atoms with Crippen LogP contribution in [-0.4, -0.2) is 23.3 Å². The minimum Gasteiger partial charge on any atom is -0.306 e. The van der Waals surface area contributed by atoms with Gasteiger partial charge in [0.05, 0.1) is 12.3 Å². The Labute approximate surface area is 228 Å². The molecule has 4 aromatic carbocycles. The Morgan fingerprint density at radius 2 is 1.25 bits per heavy atom. The zero-order valence-electron chi connectivity index (χ0n) is 18.9. The van der Waals surface area contributed by atoms with E-state index in [1.807, 2.05) is 97.1 Å². The first-order valence-corrected chi connectivity index (χ1v) is 13.1. The average molecular weight is 553 g/mol. The summed E-state index contributed by atoms with van der Waals surface area (Å²) in [7, 11) is 0. The molecular weight excluding hydrogens is 533 g/mol. The number of carbonyl (C=O) groups excluding carboxylic acids is 1. The van der Waals surface area contributed by atoms with Gasteiger partial charge < -0.3 is 5.32 Å². The molecule has 180 valence electrons. The van der Waals surface area contributed by atoms with Gasteiger partial charge in [0.2, 0.25) is 0 Å². The summed E-state index contributed by atoms with van der Waals surface area (Å²) in [6.45, 7) is 0.413. The molecule has 1 aliphatic rings. The average Bonchev–Trinajstić information content (AvgIpc) is 3.33. The third kappa shape index (κ3) is 5.88. The molecule has 0 radical (unpaired) electrons. The van der Waals surface area contributed by atoms with Crippen molar-refractivity contribution in [3.63, 3.8) is 0 Å². The smallest absolute Gasteiger partial charge is 0.306 e. The number of rotatable bonds is 5. The molecule has 1 unspecified atom stereocenters. The van der Waals surface area contributed by atoms with Gasteiger partial charge in [0.15, 0.2) is 0 Å². The lowest BCUT2D eigenvalue weighted by Gasteiger charge is -2.16. The minimum atomic E-state index is -0.295. The van der Waals surface area contributed by atoms with Crippen molar-refractivity contribution in [2.24, 2.45) is 5.10 Å². The Morgan fingerprint density at radius 1 is 0.750 bits per heavy atom. The summed E-state index contributed by atoms with van der Waals surface area (Å²) in [6, 6.07) is 30.2. The molecule has 1 aliphatic heterocycles. The van der Waals surface area contributed by atoms with Gasteiger partial charge in [-0.25, -0.2) is 9.80 Å². The summed E-state index contributed by atoms with van der Waals surface area (Å²) in [5.41, 5.74) is 3.45. The Balaban J connectivity index is 1.32. The number of urea groups is 1. The lowest BCUT2D eigenvalue weighted by Crippen LogP contribution is -2.30. The third-order valence-corrected chi connectivity index (χ3v) is 7.49. The lowest BCUT2D eigenvalue weighted by molar-refractivity contribution is 0.218. The van der Waals surface area contributed by atoms with E-state index in [-0.39, 0.29) is 11.9 Å². The van der Waals surface area contributed by atoms with Gasteiger partial charge in [0.25, 0.3) is 0 Å². The van der Waals surface area contributed by atoms with Crippen molar-refractivity contribution in [1.29, 1.82) is 0 Å². The number of halogens is 3. The highest BCUT2D eigenvalue weighted by Crippen LogP contribution is 2.32. The lowest BCUT2D eigenvalue weighted by atomic mass is 9.91. The Morgan fingerprint density at radius 3 is 1.83 bits per heavy atom. The molecule has 1 atom stereocenters. The molecule has 2 amide bonds. The van der Waals surface area contributed by atoms with Gasteiger partial charge in [-0.2, -0.15) is 5.10 Å². The van der Waals surface area contributed by atoms with Crippen molar-refractivity contribution in [2.45, 2.75) is 15.7 Å². The highest BCUT2D eigenvalue weighted by molar-refractivity contribution is 7.99. The van der Waals surface area contributed by atoms with E-state index in [1.54, 1.807) is 11.8 Å². The van der Waals surface area contributed by atoms with Gasteiger partial charge >= 0.3 is 6.03 Å². The summed E-state index contributed by atoms with van der Waals surface area (Å²) < 4.78 is 0. The SMILES string of the molecule is O=C(Nc1ccc(Sc2ccc(Cl)cc2)cc1)N1CC(c2ccc(Cl)cc2)C(c2ccc(Cl)cc2)=N1. The van der Waals surface area contributed by atoms with Crippen LogP contribution >= 0.6 is 46.6 Å². The van der Waals surface area contributed by atoms with Crippen molar-refractivity contribution in [3.8, 4) is 0 Å². The van der Waals surface area contributed by atoms with Crippen LogP contribution in [0.4, 0.5) is 10.5 Å². The Bertz CT molecular complexity index is 1390. The molecular formula is C28H20Cl3N3OS. The van der Waals surface area contributed by atoms with Crippen molar-refractivity contribution >= 4 is 64.0 Å². The largest absolute Gasteiger partial charge is 0.342 e. The van der Waals surface area contributed by atoms with Crippen LogP contribution in [0.2, 0.25) is 15.1 Å². The number of hydrazone groups is 1. The molecule has 1 N–H and O–H groups in total. The van der Waals surface area contributed by atoms with E-state index in [0.29, 0.717) is 27.3 Å². The maximum Gasteiger partial charge on any atom is 0.342 e. The topological polar surface area (TPSA) is 44.7 Å². The molecule has 4 nitrogen and oxygen atoms in total. The number of carbonyl (C=O) groups is 1. The second kappa shape index (κ2) is 11.0. The van der Waals surface area contributed by atoms with Crippen LogP contribution in [-0.2, 0) is 0 Å². The molecule has 5 rings (SSSR count). The molecule has 36 heavy (non-hydrogen) atoms. The zero-order valence-corrected chi connectivity index (χ0v) is 22.0. The zero-order chi connectivity index (χ0) is 25.1. The Hall–Kier alpha value is -2.96. The molecule has 0 saturated heterocycles. The van der Waals surface area contributed by atoms with Crippen LogP contribution < -0.4 is 5.32 Å². The molecule has 0 aromatic heterocycles. The van der Waals surface area contributed by atoms with Crippen LogP contribution in [0.3, 0.4) is 0 Å². The van der Waals surface area contributed by atoms with Gasteiger partial charge in [-0.3, -0.25) is 0 Å². The first-order chi connectivity index (χ1) is 17.4. The number of nitrogens with one attached hydrogen (secondary N) is 1. The van der Waals surface area contributed by atoms with Gasteiger partial charge in [-0.15, -0.1) is 0 Å². The van der Waals surface area contributed by atoms with Crippen LogP contribution in [0, 0.1) is 0 Å². The molecule has 4 aromatic rings. The Kier molecular flexibility index (Phi) is 7.54. The van der Waals surface area contributed by atoms with Gasteiger partial charge in [-0.05, 0) is 83.9 Å². The van der Waals surface area contributed by atoms with Crippen LogP contribution in [0.15, 0.2) is 112 Å². The number of hydrogen-bond acceptors (Lipinski definition) is 3. The standard InChI is InChI=1S/C28H20Cl3N3OS/c29-20-5-1-18(2-6-20)26-17-34(33-27(26)19-3-7-21(30)8-4-19)28(35)32-23-11-15-25(16-12-23)36-24-13-9-22(31)10-14-24/h1-16,26H,17H2,(H,32,35). The van der Waals surface area contributed by atoms with E-state index >= 15 is 0 Å². The fraction of sp³-hybridized carbons (Fsp3) is 0.0714. The summed E-state index contributed by atoms with van der Waals surface area (Å²) >= 11 is 19.8. The van der Waals surface area contributed by atoms with E-state index in [1.165, 1.54) is 5.01 Å². The first-order valence-electron chi connectivity index (χ1n) is 11.2. The van der Waals surface area contributed by atoms with Gasteiger partial charge in [0, 0.05) is 36.5 Å². The number of nitrogens with zero attached hydrogens (tertiary/aromatic N) is 2. The predicted molar refractivity (Wildman–Crippen MR) is 150 cm³/mol. The highest BCUT2D eigenvalue weighted by Gasteiger charge is 2.32. The van der Waals surface area contributed by atoms with Crippen molar-refractivity contribution in [3.05, 3.63) is 123 Å². The molecule has 0 bridgehead atoms. The number of anilines is 1. The first kappa shape index (κ1) is 24.7. The quantitative estimate of drug-likeness (QED) is 0.269. The second-order valence-corrected chi connectivity index (χ2v) is 10.6. The summed E-state index contributed by atoms with van der Waals surface area (Å²) in [6.07, 6.45) is 0. The molecule has 0 saturated carbocycles. The molecule has 8 heteroatoms. The monoisotopic (exact) mass is 551 g/mol. The molecule has 0 spiro atoms. The number of amides is 2. The summed E-state index contributed by atoms with van der Waals surface area (Å²) in [5, 5.41) is 11.1. The highest BCUT2D eigenvalue weighted by atomic mass is 35.5. The van der Waals surface area contributed by atoms with E-state index in [0.717, 1.165) is 26.6 Å². The molecule has 1 heterocycles. The number of hydrogen-bond donors (Lipinski definition) is 1. The maximum atomic E-state index is 13.1. The van der Waals surface area contributed by atoms with E-state index in [2.05, 4.69) is 5.32 Å². The third-order valence-electron chi connectivity index (χ3n) is 5.72. The fourth-order valence-electron chi connectivity index (χ4n) is 3.90. The van der Waals surface area contributed by atoms with Crippen LogP contribution in [0.5, 0.6) is 0 Å². The minimum absolute atomic E-state index is 0.0904. The van der Waals surface area contributed by atoms with Crippen molar-refractivity contribution in [2.75, 3.05) is 11.9 Å². The normalized spacial score (nSPS) is 15.0. The van der Waals surface area contributed by atoms with Gasteiger partial charge in [-0.1, -0.05) is 70.8 Å². The molecule has 0 fully saturated rings. The van der Waals surface area contributed by atoms with E-state index < -0.39 is 0 Å². The summed E-state index contributed by atoms with van der Waals surface area (Å²) in [5.74, 6) is -0.0904.